The molecule has 0 aliphatic heterocycles. The van der Waals surface area contributed by atoms with Crippen molar-refractivity contribution in [2.75, 3.05) is 0 Å². The highest BCUT2D eigenvalue weighted by Crippen LogP contribution is 2.20. The largest absolute Gasteiger partial charge is 1.00 e. The number of para-hydroxylation sites is 2. The van der Waals surface area contributed by atoms with E-state index in [0.29, 0.717) is 5.84 Å². The molecule has 0 amide bonds. The summed E-state index contributed by atoms with van der Waals surface area (Å²) in [5, 5.41) is 17.8. The minimum absolute atomic E-state index is 0. The van der Waals surface area contributed by atoms with E-state index in [-0.39, 0.29) is 18.3 Å². The number of hydrogen-bond donors (Lipinski definition) is 0. The average Bonchev–Trinajstić information content (AvgIpc) is 3.01. The fraction of sp³-hybridized carbons (Fsp3) is 0.381. The number of fused-ring (bicyclic) bond motifs is 1. The van der Waals surface area contributed by atoms with Gasteiger partial charge in [-0.2, -0.15) is 0 Å². The molecule has 3 rings (SSSR count). The van der Waals surface area contributed by atoms with Gasteiger partial charge in [0.05, 0.1) is 13.1 Å². The molecule has 0 atom stereocenters. The van der Waals surface area contributed by atoms with Crippen molar-refractivity contribution in [1.82, 2.24) is 9.13 Å². The Morgan fingerprint density at radius 3 is 2.45 bits per heavy atom. The summed E-state index contributed by atoms with van der Waals surface area (Å²) in [6, 6.07) is 14.1. The summed E-state index contributed by atoms with van der Waals surface area (Å²) in [5.41, 5.74) is 3.08. The summed E-state index contributed by atoms with van der Waals surface area (Å²) >= 11 is 0. The maximum absolute atomic E-state index is 4.59. The van der Waals surface area contributed by atoms with Crippen molar-refractivity contribution in [2.24, 2.45) is 33.4 Å². The van der Waals surface area contributed by atoms with E-state index in [1.807, 2.05) is 49.9 Å². The number of nitrogens with zero attached hydrogens (tertiary/aromatic N) is 7. The number of aromatic nitrogens is 3. The van der Waals surface area contributed by atoms with E-state index in [2.05, 4.69) is 67.7 Å². The van der Waals surface area contributed by atoms with E-state index < -0.39 is 0 Å². The lowest BCUT2D eigenvalue weighted by atomic mass is 10.2. The molecule has 2 aromatic heterocycles. The van der Waals surface area contributed by atoms with Gasteiger partial charge in [0.2, 0.25) is 0 Å². The van der Waals surface area contributed by atoms with Crippen LogP contribution in [0.4, 0.5) is 5.95 Å². The summed E-state index contributed by atoms with van der Waals surface area (Å²) in [4.78, 5) is 0. The van der Waals surface area contributed by atoms with Crippen molar-refractivity contribution < 1.29 is 17.0 Å². The molecular formula is C21H28ClN7. The number of pyridine rings is 1. The fourth-order valence-electron chi connectivity index (χ4n) is 3.08. The van der Waals surface area contributed by atoms with Crippen LogP contribution in [0.25, 0.3) is 11.0 Å². The average molecular weight is 414 g/mol. The zero-order valence-corrected chi connectivity index (χ0v) is 18.4. The lowest BCUT2D eigenvalue weighted by Gasteiger charge is -2.00. The maximum atomic E-state index is 4.59. The van der Waals surface area contributed by atoms with Gasteiger partial charge in [-0.15, -0.1) is 10.2 Å². The Bertz CT molecular complexity index is 1050. The predicted molar refractivity (Wildman–Crippen MR) is 111 cm³/mol. The van der Waals surface area contributed by atoms with Crippen LogP contribution in [0.15, 0.2) is 69.1 Å². The van der Waals surface area contributed by atoms with Crippen LogP contribution in [0.5, 0.6) is 0 Å². The lowest BCUT2D eigenvalue weighted by molar-refractivity contribution is -0.655. The summed E-state index contributed by atoms with van der Waals surface area (Å²) in [5.74, 6) is 1.53. The zero-order valence-electron chi connectivity index (χ0n) is 17.6. The van der Waals surface area contributed by atoms with Gasteiger partial charge in [-0.1, -0.05) is 37.2 Å². The van der Waals surface area contributed by atoms with Gasteiger partial charge in [0.15, 0.2) is 11.3 Å². The van der Waals surface area contributed by atoms with Crippen molar-refractivity contribution in [3.63, 3.8) is 0 Å². The monoisotopic (exact) mass is 413 g/mol. The molecule has 7 nitrogen and oxygen atoms in total. The van der Waals surface area contributed by atoms with Crippen molar-refractivity contribution in [3.05, 3.63) is 54.1 Å². The van der Waals surface area contributed by atoms with Gasteiger partial charge in [-0.25, -0.2) is 9.13 Å². The molecule has 2 heterocycles. The first-order chi connectivity index (χ1) is 13.6. The second kappa shape index (κ2) is 10.1. The highest BCUT2D eigenvalue weighted by atomic mass is 35.5. The summed E-state index contributed by atoms with van der Waals surface area (Å²) in [6.45, 7) is 9.96. The van der Waals surface area contributed by atoms with Crippen LogP contribution in [0.1, 0.15) is 27.7 Å². The van der Waals surface area contributed by atoms with Crippen LogP contribution in [-0.4, -0.2) is 15.0 Å². The van der Waals surface area contributed by atoms with Crippen molar-refractivity contribution >= 4 is 22.8 Å². The molecule has 3 aromatic rings. The van der Waals surface area contributed by atoms with E-state index >= 15 is 0 Å². The van der Waals surface area contributed by atoms with Crippen LogP contribution in [0.3, 0.4) is 0 Å². The van der Waals surface area contributed by atoms with E-state index in [4.69, 9.17) is 0 Å². The molecule has 154 valence electrons. The van der Waals surface area contributed by atoms with Crippen LogP contribution in [-0.2, 0) is 20.1 Å². The van der Waals surface area contributed by atoms with Gasteiger partial charge in [0.25, 0.3) is 0 Å². The normalized spacial score (nSPS) is 12.9. The van der Waals surface area contributed by atoms with Gasteiger partial charge < -0.3 is 17.0 Å². The number of imidazole rings is 1. The molecule has 0 bridgehead atoms. The third-order valence-electron chi connectivity index (χ3n) is 4.62. The van der Waals surface area contributed by atoms with Gasteiger partial charge >= 0.3 is 5.95 Å². The van der Waals surface area contributed by atoms with E-state index in [1.54, 1.807) is 0 Å². The number of rotatable bonds is 5. The van der Waals surface area contributed by atoms with Crippen molar-refractivity contribution in [2.45, 2.75) is 40.8 Å². The minimum Gasteiger partial charge on any atom is -1.00 e. The quantitative estimate of drug-likeness (QED) is 0.197. The maximum Gasteiger partial charge on any atom is 0.422 e. The number of azo groups is 1. The molecule has 29 heavy (non-hydrogen) atoms. The molecule has 0 radical (unpaired) electrons. The Hall–Kier alpha value is -2.80. The number of benzene rings is 1. The molecule has 1 aromatic carbocycles. The molecular weight excluding hydrogens is 386 g/mol. The Morgan fingerprint density at radius 1 is 1.07 bits per heavy atom. The first-order valence-electron chi connectivity index (χ1n) is 9.72. The molecule has 0 N–H and O–H groups in total. The van der Waals surface area contributed by atoms with Gasteiger partial charge in [-0.05, 0) is 38.1 Å². The van der Waals surface area contributed by atoms with E-state index in [9.17, 15) is 0 Å². The molecule has 0 fully saturated rings. The standard InChI is InChI=1S/C21H28N7.ClH/c1-6-27-17-12-8-9-13-18(17)28(7-2)21(27)25-24-20(16(3)4)23-22-19-14-10-11-15-26(19)5;/h8-16H,6-7H2,1-5H3;1H/q+1;/p-1. The predicted octanol–water partition coefficient (Wildman–Crippen LogP) is 0.965. The Balaban J connectivity index is 0.00000300. The molecule has 0 aliphatic rings. The smallest absolute Gasteiger partial charge is 0.422 e. The summed E-state index contributed by atoms with van der Waals surface area (Å²) in [6.07, 6.45) is 1.94. The molecule has 0 aliphatic carbocycles. The Labute approximate surface area is 177 Å². The molecule has 0 unspecified atom stereocenters. The second-order valence-electron chi connectivity index (χ2n) is 6.86. The first-order valence-corrected chi connectivity index (χ1v) is 9.72. The van der Waals surface area contributed by atoms with Crippen LogP contribution >= 0.6 is 0 Å². The molecule has 0 spiro atoms. The third-order valence-corrected chi connectivity index (χ3v) is 4.62. The van der Waals surface area contributed by atoms with E-state index in [0.717, 1.165) is 35.6 Å². The summed E-state index contributed by atoms with van der Waals surface area (Å²) < 4.78 is 6.27. The van der Waals surface area contributed by atoms with Crippen LogP contribution in [0, 0.1) is 5.92 Å². The number of amidine groups is 1. The zero-order chi connectivity index (χ0) is 20.1. The first kappa shape index (κ1) is 22.5. The van der Waals surface area contributed by atoms with Crippen LogP contribution < -0.4 is 22.5 Å². The molecule has 0 saturated carbocycles. The number of halogens is 1. The van der Waals surface area contributed by atoms with Gasteiger partial charge in [0.1, 0.15) is 11.0 Å². The Morgan fingerprint density at radius 2 is 1.79 bits per heavy atom. The fourth-order valence-corrected chi connectivity index (χ4v) is 3.08. The van der Waals surface area contributed by atoms with Gasteiger partial charge in [0, 0.05) is 24.3 Å². The number of aryl methyl sites for hydroxylation is 3. The lowest BCUT2D eigenvalue weighted by Crippen LogP contribution is -3.00. The third kappa shape index (κ3) is 4.79. The second-order valence-corrected chi connectivity index (χ2v) is 6.86. The highest BCUT2D eigenvalue weighted by Gasteiger charge is 2.22. The van der Waals surface area contributed by atoms with Gasteiger partial charge in [-0.3, -0.25) is 0 Å². The number of hydrogen-bond acceptors (Lipinski definition) is 3. The molecule has 0 saturated heterocycles. The van der Waals surface area contributed by atoms with Crippen molar-refractivity contribution in [1.29, 1.82) is 0 Å². The summed E-state index contributed by atoms with van der Waals surface area (Å²) in [7, 11) is 1.94. The topological polar surface area (TPSA) is 63.2 Å². The van der Waals surface area contributed by atoms with E-state index in [1.165, 1.54) is 0 Å². The SMILES string of the molecule is CCn1c(N=NC(=NN=c2ccccn2C)C(C)C)[n+](CC)c2ccccc21.[Cl-]. The molecule has 8 heteroatoms. The van der Waals surface area contributed by atoms with Crippen LogP contribution in [0.2, 0.25) is 0 Å². The van der Waals surface area contributed by atoms with Crippen molar-refractivity contribution in [3.8, 4) is 0 Å². The Kier molecular flexibility index (Phi) is 7.84. The highest BCUT2D eigenvalue weighted by molar-refractivity contribution is 5.84. The minimum atomic E-state index is 0.